The molecule has 7 heteroatoms. The number of ether oxygens (including phenoxy) is 1. The summed E-state index contributed by atoms with van der Waals surface area (Å²) in [5, 5.41) is 6.26. The minimum absolute atomic E-state index is 0.00783. The Morgan fingerprint density at radius 2 is 1.62 bits per heavy atom. The van der Waals surface area contributed by atoms with E-state index in [2.05, 4.69) is 10.6 Å². The van der Waals surface area contributed by atoms with Crippen LogP contribution < -0.4 is 15.4 Å². The van der Waals surface area contributed by atoms with Gasteiger partial charge in [-0.2, -0.15) is 0 Å². The van der Waals surface area contributed by atoms with Gasteiger partial charge < -0.3 is 20.3 Å². The van der Waals surface area contributed by atoms with Gasteiger partial charge in [-0.25, -0.2) is 0 Å². The van der Waals surface area contributed by atoms with Crippen molar-refractivity contribution in [2.24, 2.45) is 5.92 Å². The number of hydrogen-bond donors (Lipinski definition) is 2. The number of nitrogens with one attached hydrogen (secondary N) is 2. The summed E-state index contributed by atoms with van der Waals surface area (Å²) in [6.45, 7) is 2.76. The first-order valence-electron chi connectivity index (χ1n) is 10.5. The van der Waals surface area contributed by atoms with Gasteiger partial charge in [0.05, 0.1) is 13.0 Å². The van der Waals surface area contributed by atoms with Gasteiger partial charge in [0, 0.05) is 37.7 Å². The standard InChI is InChI=1S/C22H31N3O4/c1-15(26)25-13-5-6-17(14-25)22(28)24-20-8-4-3-7-19(20)23-21(27)16-9-11-18(29-2)12-10-16/h9-12,17,19-20H,3-8,13-14H2,1-2H3,(H,23,27)(H,24,28)/t17-,19-,20-/m1/s1. The fraction of sp³-hybridized carbons (Fsp3) is 0.591. The highest BCUT2D eigenvalue weighted by molar-refractivity contribution is 5.94. The van der Waals surface area contributed by atoms with E-state index in [1.165, 1.54) is 0 Å². The van der Waals surface area contributed by atoms with E-state index in [9.17, 15) is 14.4 Å². The smallest absolute Gasteiger partial charge is 0.251 e. The summed E-state index contributed by atoms with van der Waals surface area (Å²) in [6.07, 6.45) is 5.40. The zero-order valence-corrected chi connectivity index (χ0v) is 17.3. The molecular formula is C22H31N3O4. The predicted octanol–water partition coefficient (Wildman–Crippen LogP) is 2.11. The quantitative estimate of drug-likeness (QED) is 0.791. The molecule has 3 amide bonds. The third-order valence-electron chi connectivity index (χ3n) is 6.00. The van der Waals surface area contributed by atoms with Crippen molar-refractivity contribution in [1.82, 2.24) is 15.5 Å². The number of piperidine rings is 1. The van der Waals surface area contributed by atoms with E-state index in [1.54, 1.807) is 43.2 Å². The second kappa shape index (κ2) is 9.76. The van der Waals surface area contributed by atoms with E-state index in [0.29, 0.717) is 17.9 Å². The highest BCUT2D eigenvalue weighted by Gasteiger charge is 2.32. The van der Waals surface area contributed by atoms with Crippen molar-refractivity contribution in [2.45, 2.75) is 57.5 Å². The van der Waals surface area contributed by atoms with Crippen molar-refractivity contribution in [3.8, 4) is 5.75 Å². The van der Waals surface area contributed by atoms with Crippen LogP contribution in [0.2, 0.25) is 0 Å². The summed E-state index contributed by atoms with van der Waals surface area (Å²) in [4.78, 5) is 38.9. The van der Waals surface area contributed by atoms with Crippen molar-refractivity contribution in [1.29, 1.82) is 0 Å². The topological polar surface area (TPSA) is 87.7 Å². The second-order valence-electron chi connectivity index (χ2n) is 8.01. The largest absolute Gasteiger partial charge is 0.497 e. The maximum atomic E-state index is 12.8. The summed E-state index contributed by atoms with van der Waals surface area (Å²) in [5.41, 5.74) is 0.575. The molecule has 0 radical (unpaired) electrons. The molecule has 7 nitrogen and oxygen atoms in total. The lowest BCUT2D eigenvalue weighted by Crippen LogP contribution is -2.55. The van der Waals surface area contributed by atoms with Gasteiger partial charge in [0.1, 0.15) is 5.75 Å². The van der Waals surface area contributed by atoms with Crippen molar-refractivity contribution in [3.05, 3.63) is 29.8 Å². The van der Waals surface area contributed by atoms with E-state index in [4.69, 9.17) is 4.74 Å². The first kappa shape index (κ1) is 21.1. The third-order valence-corrected chi connectivity index (χ3v) is 6.00. The Morgan fingerprint density at radius 3 is 2.24 bits per heavy atom. The van der Waals surface area contributed by atoms with Crippen molar-refractivity contribution >= 4 is 17.7 Å². The van der Waals surface area contributed by atoms with Gasteiger partial charge in [-0.15, -0.1) is 0 Å². The molecule has 1 aliphatic heterocycles. The summed E-state index contributed by atoms with van der Waals surface area (Å²) in [7, 11) is 1.59. The van der Waals surface area contributed by atoms with Gasteiger partial charge in [0.2, 0.25) is 11.8 Å². The van der Waals surface area contributed by atoms with Gasteiger partial charge in [0.25, 0.3) is 5.91 Å². The molecule has 2 N–H and O–H groups in total. The predicted molar refractivity (Wildman–Crippen MR) is 110 cm³/mol. The molecule has 158 valence electrons. The molecule has 3 atom stereocenters. The minimum Gasteiger partial charge on any atom is -0.497 e. The van der Waals surface area contributed by atoms with Crippen LogP contribution in [0.1, 0.15) is 55.8 Å². The maximum Gasteiger partial charge on any atom is 0.251 e. The molecule has 2 fully saturated rings. The first-order valence-corrected chi connectivity index (χ1v) is 10.5. The molecule has 1 aliphatic carbocycles. The fourth-order valence-electron chi connectivity index (χ4n) is 4.25. The van der Waals surface area contributed by atoms with Crippen LogP contribution in [0.4, 0.5) is 0 Å². The van der Waals surface area contributed by atoms with Crippen LogP contribution in [0, 0.1) is 5.92 Å². The van der Waals surface area contributed by atoms with E-state index in [-0.39, 0.29) is 35.7 Å². The Bertz CT molecular complexity index is 734. The normalized spacial score (nSPS) is 24.5. The Kier molecular flexibility index (Phi) is 7.12. The molecule has 2 aliphatic rings. The number of methoxy groups -OCH3 is 1. The average Bonchev–Trinajstić information content (AvgIpc) is 2.75. The number of benzene rings is 1. The van der Waals surface area contributed by atoms with Crippen molar-refractivity contribution < 1.29 is 19.1 Å². The highest BCUT2D eigenvalue weighted by Crippen LogP contribution is 2.22. The van der Waals surface area contributed by atoms with Gasteiger partial charge in [-0.05, 0) is 49.9 Å². The molecule has 1 aromatic carbocycles. The van der Waals surface area contributed by atoms with Crippen LogP contribution in [0.15, 0.2) is 24.3 Å². The maximum absolute atomic E-state index is 12.8. The van der Waals surface area contributed by atoms with Crippen LogP contribution in [0.25, 0.3) is 0 Å². The third kappa shape index (κ3) is 5.49. The molecule has 0 spiro atoms. The first-order chi connectivity index (χ1) is 14.0. The number of nitrogens with zero attached hydrogens (tertiary/aromatic N) is 1. The average molecular weight is 402 g/mol. The van der Waals surface area contributed by atoms with Crippen LogP contribution in [0.5, 0.6) is 5.75 Å². The molecule has 0 bridgehead atoms. The van der Waals surface area contributed by atoms with Gasteiger partial charge in [0.15, 0.2) is 0 Å². The number of carbonyl (C=O) groups excluding carboxylic acids is 3. The molecule has 1 saturated heterocycles. The molecular weight excluding hydrogens is 370 g/mol. The summed E-state index contributed by atoms with van der Waals surface area (Å²) in [6, 6.07) is 6.84. The van der Waals surface area contributed by atoms with E-state index in [1.807, 2.05) is 0 Å². The monoisotopic (exact) mass is 401 g/mol. The SMILES string of the molecule is COc1ccc(C(=O)N[C@@H]2CCCC[C@H]2NC(=O)[C@@H]2CCCN(C(C)=O)C2)cc1. The molecule has 1 heterocycles. The van der Waals surface area contributed by atoms with Crippen molar-refractivity contribution in [3.63, 3.8) is 0 Å². The van der Waals surface area contributed by atoms with Crippen LogP contribution >= 0.6 is 0 Å². The molecule has 3 rings (SSSR count). The van der Waals surface area contributed by atoms with Crippen molar-refractivity contribution in [2.75, 3.05) is 20.2 Å². The zero-order valence-electron chi connectivity index (χ0n) is 17.3. The number of carbonyl (C=O) groups is 3. The number of hydrogen-bond acceptors (Lipinski definition) is 4. The van der Waals surface area contributed by atoms with Gasteiger partial charge in [-0.3, -0.25) is 14.4 Å². The number of amides is 3. The summed E-state index contributed by atoms with van der Waals surface area (Å²) >= 11 is 0. The highest BCUT2D eigenvalue weighted by atomic mass is 16.5. The lowest BCUT2D eigenvalue weighted by atomic mass is 9.88. The Hall–Kier alpha value is -2.57. The molecule has 0 unspecified atom stereocenters. The zero-order chi connectivity index (χ0) is 20.8. The van der Waals surface area contributed by atoms with Crippen LogP contribution in [-0.2, 0) is 9.59 Å². The Balaban J connectivity index is 1.59. The lowest BCUT2D eigenvalue weighted by molar-refractivity contribution is -0.134. The van der Waals surface area contributed by atoms with E-state index in [0.717, 1.165) is 45.1 Å². The van der Waals surface area contributed by atoms with E-state index >= 15 is 0 Å². The second-order valence-corrected chi connectivity index (χ2v) is 8.01. The molecule has 29 heavy (non-hydrogen) atoms. The Labute approximate surface area is 172 Å². The van der Waals surface area contributed by atoms with Gasteiger partial charge in [-0.1, -0.05) is 12.8 Å². The Morgan fingerprint density at radius 1 is 0.966 bits per heavy atom. The minimum atomic E-state index is -0.174. The number of likely N-dealkylation sites (tertiary alicyclic amines) is 1. The van der Waals surface area contributed by atoms with Crippen LogP contribution in [0.3, 0.4) is 0 Å². The molecule has 1 aromatic rings. The van der Waals surface area contributed by atoms with Crippen LogP contribution in [-0.4, -0.2) is 54.9 Å². The molecule has 0 aromatic heterocycles. The molecule has 1 saturated carbocycles. The summed E-state index contributed by atoms with van der Waals surface area (Å²) in [5.74, 6) is 0.402. The van der Waals surface area contributed by atoms with Gasteiger partial charge >= 0.3 is 0 Å². The summed E-state index contributed by atoms with van der Waals surface area (Å²) < 4.78 is 5.14. The fourth-order valence-corrected chi connectivity index (χ4v) is 4.25. The number of rotatable bonds is 5. The lowest BCUT2D eigenvalue weighted by Gasteiger charge is -2.36. The van der Waals surface area contributed by atoms with E-state index < -0.39 is 0 Å².